The molecule has 0 saturated heterocycles. The largest absolute Gasteiger partial charge is 0.319 e. The van der Waals surface area contributed by atoms with E-state index >= 15 is 0 Å². The van der Waals surface area contributed by atoms with Crippen molar-refractivity contribution in [1.29, 1.82) is 0 Å². The van der Waals surface area contributed by atoms with Gasteiger partial charge >= 0.3 is 0 Å². The Balaban J connectivity index is 1.84. The second-order valence-corrected chi connectivity index (χ2v) is 7.81. The van der Waals surface area contributed by atoms with Gasteiger partial charge in [0.2, 0.25) is 0 Å². The summed E-state index contributed by atoms with van der Waals surface area (Å²) in [5, 5.41) is 5.62. The summed E-state index contributed by atoms with van der Waals surface area (Å²) in [6.45, 7) is 6.00. The van der Waals surface area contributed by atoms with Crippen LogP contribution in [0.1, 0.15) is 37.5 Å². The summed E-state index contributed by atoms with van der Waals surface area (Å²) in [6.07, 6.45) is 6.78. The van der Waals surface area contributed by atoms with Crippen LogP contribution < -0.4 is 5.32 Å². The fourth-order valence-electron chi connectivity index (χ4n) is 3.55. The standard InChI is InChI=1S/C17H30N2S/c1-15-6-9-17(10-7-15,13-18-2)14-19(3)11-8-16-5-4-12-20-16/h4-5,12,15,18H,6-11,13-14H2,1-3H3. The lowest BCUT2D eigenvalue weighted by Crippen LogP contribution is -2.44. The SMILES string of the molecule is CNCC1(CN(C)CCc2cccs2)CCC(C)CC1. The first-order valence-corrected chi connectivity index (χ1v) is 8.87. The molecule has 1 aliphatic carbocycles. The van der Waals surface area contributed by atoms with Gasteiger partial charge < -0.3 is 10.2 Å². The lowest BCUT2D eigenvalue weighted by atomic mass is 9.70. The zero-order chi connectivity index (χ0) is 14.4. The van der Waals surface area contributed by atoms with Crippen molar-refractivity contribution in [2.75, 3.05) is 33.7 Å². The summed E-state index contributed by atoms with van der Waals surface area (Å²) in [5.74, 6) is 0.927. The van der Waals surface area contributed by atoms with Crippen LogP contribution in [0.4, 0.5) is 0 Å². The normalized spacial score (nSPS) is 27.1. The van der Waals surface area contributed by atoms with Crippen LogP contribution in [0.15, 0.2) is 17.5 Å². The lowest BCUT2D eigenvalue weighted by molar-refractivity contribution is 0.102. The summed E-state index contributed by atoms with van der Waals surface area (Å²) in [4.78, 5) is 4.06. The second-order valence-electron chi connectivity index (χ2n) is 6.78. The van der Waals surface area contributed by atoms with Gasteiger partial charge in [0, 0.05) is 24.5 Å². The Kier molecular flexibility index (Phi) is 6.06. The van der Waals surface area contributed by atoms with Crippen molar-refractivity contribution < 1.29 is 0 Å². The predicted octanol–water partition coefficient (Wildman–Crippen LogP) is 3.64. The first-order chi connectivity index (χ1) is 9.63. The number of hydrogen-bond acceptors (Lipinski definition) is 3. The van der Waals surface area contributed by atoms with Crippen molar-refractivity contribution in [2.45, 2.75) is 39.0 Å². The number of thiophene rings is 1. The van der Waals surface area contributed by atoms with Gasteiger partial charge in [0.15, 0.2) is 0 Å². The van der Waals surface area contributed by atoms with E-state index in [9.17, 15) is 0 Å². The molecule has 1 aromatic rings. The molecule has 2 nitrogen and oxygen atoms in total. The lowest BCUT2D eigenvalue weighted by Gasteiger charge is -2.42. The van der Waals surface area contributed by atoms with Gasteiger partial charge in [-0.1, -0.05) is 25.8 Å². The summed E-state index contributed by atoms with van der Waals surface area (Å²) in [6, 6.07) is 4.41. The third-order valence-corrected chi connectivity index (χ3v) is 5.75. The van der Waals surface area contributed by atoms with E-state index in [1.165, 1.54) is 56.6 Å². The van der Waals surface area contributed by atoms with Crippen LogP contribution >= 0.6 is 11.3 Å². The van der Waals surface area contributed by atoms with E-state index in [1.54, 1.807) is 0 Å². The van der Waals surface area contributed by atoms with Crippen LogP contribution in [0, 0.1) is 11.3 Å². The van der Waals surface area contributed by atoms with E-state index in [0.717, 1.165) is 5.92 Å². The Labute approximate surface area is 128 Å². The highest BCUT2D eigenvalue weighted by atomic mass is 32.1. The summed E-state index contributed by atoms with van der Waals surface area (Å²) >= 11 is 1.88. The molecule has 1 N–H and O–H groups in total. The average molecular weight is 295 g/mol. The molecule has 0 bridgehead atoms. The maximum Gasteiger partial charge on any atom is 0.00579 e. The van der Waals surface area contributed by atoms with Crippen molar-refractivity contribution >= 4 is 11.3 Å². The maximum atomic E-state index is 3.44. The smallest absolute Gasteiger partial charge is 0.00579 e. The van der Waals surface area contributed by atoms with E-state index in [2.05, 4.69) is 48.7 Å². The van der Waals surface area contributed by atoms with Crippen LogP contribution in [0.2, 0.25) is 0 Å². The highest BCUT2D eigenvalue weighted by Crippen LogP contribution is 2.39. The summed E-state index contributed by atoms with van der Waals surface area (Å²) < 4.78 is 0. The Bertz CT molecular complexity index is 366. The molecule has 114 valence electrons. The van der Waals surface area contributed by atoms with E-state index in [0.29, 0.717) is 5.41 Å². The Morgan fingerprint density at radius 1 is 1.40 bits per heavy atom. The number of nitrogens with zero attached hydrogens (tertiary/aromatic N) is 1. The molecule has 2 rings (SSSR count). The monoisotopic (exact) mass is 294 g/mol. The third kappa shape index (κ3) is 4.57. The molecule has 0 atom stereocenters. The fraction of sp³-hybridized carbons (Fsp3) is 0.765. The zero-order valence-corrected chi connectivity index (χ0v) is 14.1. The van der Waals surface area contributed by atoms with Crippen molar-refractivity contribution in [2.24, 2.45) is 11.3 Å². The molecule has 3 heteroatoms. The van der Waals surface area contributed by atoms with E-state index < -0.39 is 0 Å². The molecule has 1 aromatic heterocycles. The van der Waals surface area contributed by atoms with E-state index in [1.807, 2.05) is 11.3 Å². The highest BCUT2D eigenvalue weighted by molar-refractivity contribution is 7.09. The summed E-state index contributed by atoms with van der Waals surface area (Å²) in [7, 11) is 4.40. The van der Waals surface area contributed by atoms with Gasteiger partial charge in [-0.3, -0.25) is 0 Å². The molecule has 1 aliphatic rings. The van der Waals surface area contributed by atoms with Crippen molar-refractivity contribution in [3.8, 4) is 0 Å². The summed E-state index contributed by atoms with van der Waals surface area (Å²) in [5.41, 5.74) is 0.505. The molecule has 20 heavy (non-hydrogen) atoms. The van der Waals surface area contributed by atoms with Gasteiger partial charge in [0.25, 0.3) is 0 Å². The molecule has 0 spiro atoms. The maximum absolute atomic E-state index is 3.44. The predicted molar refractivity (Wildman–Crippen MR) is 89.5 cm³/mol. The van der Waals surface area contributed by atoms with Gasteiger partial charge in [0.05, 0.1) is 0 Å². The van der Waals surface area contributed by atoms with Gasteiger partial charge in [-0.15, -0.1) is 11.3 Å². The van der Waals surface area contributed by atoms with Gasteiger partial charge in [-0.2, -0.15) is 0 Å². The molecule has 0 aliphatic heterocycles. The molecule has 0 aromatic carbocycles. The molecule has 1 saturated carbocycles. The second kappa shape index (κ2) is 7.58. The molecule has 0 unspecified atom stereocenters. The van der Waals surface area contributed by atoms with Crippen LogP contribution in [0.5, 0.6) is 0 Å². The average Bonchev–Trinajstić information content (AvgIpc) is 2.94. The molecule has 1 fully saturated rings. The van der Waals surface area contributed by atoms with Gasteiger partial charge in [0.1, 0.15) is 0 Å². The van der Waals surface area contributed by atoms with Crippen LogP contribution in [-0.4, -0.2) is 38.6 Å². The molecule has 1 heterocycles. The first kappa shape index (κ1) is 16.0. The topological polar surface area (TPSA) is 15.3 Å². The van der Waals surface area contributed by atoms with Crippen LogP contribution in [0.25, 0.3) is 0 Å². The van der Waals surface area contributed by atoms with Crippen molar-refractivity contribution in [1.82, 2.24) is 10.2 Å². The first-order valence-electron chi connectivity index (χ1n) is 7.99. The number of likely N-dealkylation sites (N-methyl/N-ethyl adjacent to an activating group) is 1. The van der Waals surface area contributed by atoms with E-state index in [-0.39, 0.29) is 0 Å². The van der Waals surface area contributed by atoms with Gasteiger partial charge in [-0.25, -0.2) is 0 Å². The van der Waals surface area contributed by atoms with Crippen LogP contribution in [-0.2, 0) is 6.42 Å². The molecular formula is C17H30N2S. The number of rotatable bonds is 7. The van der Waals surface area contributed by atoms with Gasteiger partial charge in [-0.05, 0) is 56.1 Å². The van der Waals surface area contributed by atoms with Crippen molar-refractivity contribution in [3.05, 3.63) is 22.4 Å². The van der Waals surface area contributed by atoms with Crippen molar-refractivity contribution in [3.63, 3.8) is 0 Å². The molecular weight excluding hydrogens is 264 g/mol. The fourth-order valence-corrected chi connectivity index (χ4v) is 4.25. The quantitative estimate of drug-likeness (QED) is 0.826. The van der Waals surface area contributed by atoms with Crippen LogP contribution in [0.3, 0.4) is 0 Å². The number of hydrogen-bond donors (Lipinski definition) is 1. The highest BCUT2D eigenvalue weighted by Gasteiger charge is 2.34. The minimum Gasteiger partial charge on any atom is -0.319 e. The zero-order valence-electron chi connectivity index (χ0n) is 13.3. The minimum atomic E-state index is 0.505. The molecule has 0 radical (unpaired) electrons. The Morgan fingerprint density at radius 3 is 2.75 bits per heavy atom. The Morgan fingerprint density at radius 2 is 2.15 bits per heavy atom. The number of nitrogens with one attached hydrogen (secondary N) is 1. The Hall–Kier alpha value is -0.380. The molecule has 0 amide bonds. The minimum absolute atomic E-state index is 0.505. The van der Waals surface area contributed by atoms with E-state index in [4.69, 9.17) is 0 Å². The third-order valence-electron chi connectivity index (χ3n) is 4.81.